The van der Waals surface area contributed by atoms with Crippen molar-refractivity contribution in [1.29, 1.82) is 0 Å². The van der Waals surface area contributed by atoms with Gasteiger partial charge in [-0.1, -0.05) is 168 Å². The number of halogens is 2. The molecule has 8 rings (SSSR count). The van der Waals surface area contributed by atoms with E-state index in [1.54, 1.807) is 0 Å². The Morgan fingerprint density at radius 1 is 0.429 bits per heavy atom. The van der Waals surface area contributed by atoms with Crippen molar-refractivity contribution in [2.75, 3.05) is 76.3 Å². The highest BCUT2D eigenvalue weighted by Crippen LogP contribution is 2.55. The van der Waals surface area contributed by atoms with Gasteiger partial charge >= 0.3 is 0 Å². The maximum absolute atomic E-state index is 5.55. The van der Waals surface area contributed by atoms with Crippen molar-refractivity contribution < 1.29 is 33.5 Å². The SMILES string of the molecule is ICCN1CCOCC1.[I-].c1ccc(P(c2ccccc2)c2ccccc2)cc1.c1ccc([P+](CCN2CCOCC2)(c2ccccc2)c2ccccc2)cc1. The van der Waals surface area contributed by atoms with Crippen LogP contribution in [0.25, 0.3) is 0 Å². The van der Waals surface area contributed by atoms with Crippen molar-refractivity contribution in [3.8, 4) is 0 Å². The monoisotopic (exact) mass is 1010 g/mol. The summed E-state index contributed by atoms with van der Waals surface area (Å²) in [6.07, 6.45) is 1.16. The highest BCUT2D eigenvalue weighted by Gasteiger charge is 2.45. The van der Waals surface area contributed by atoms with Gasteiger partial charge in [-0.15, -0.1) is 0 Å². The molecule has 2 saturated heterocycles. The number of hydrogen-bond donors (Lipinski definition) is 0. The second-order valence-corrected chi connectivity index (χ2v) is 20.4. The number of alkyl halides is 1. The third-order valence-corrected chi connectivity index (χ3v) is 17.3. The molecule has 0 atom stereocenters. The minimum Gasteiger partial charge on any atom is -1.00 e. The number of nitrogens with zero attached hydrogens (tertiary/aromatic N) is 2. The van der Waals surface area contributed by atoms with Crippen molar-refractivity contribution >= 4 is 69.6 Å². The normalized spacial score (nSPS) is 14.7. The summed E-state index contributed by atoms with van der Waals surface area (Å²) in [4.78, 5) is 5.00. The van der Waals surface area contributed by atoms with Crippen LogP contribution in [0.2, 0.25) is 0 Å². The molecule has 2 heterocycles. The van der Waals surface area contributed by atoms with Gasteiger partial charge in [-0.25, -0.2) is 0 Å². The Bertz CT molecular complexity index is 1690. The summed E-state index contributed by atoms with van der Waals surface area (Å²) in [6.45, 7) is 10.2. The van der Waals surface area contributed by atoms with Gasteiger partial charge in [0.05, 0.1) is 32.6 Å². The topological polar surface area (TPSA) is 24.9 Å². The average molecular weight is 1010 g/mol. The first kappa shape index (κ1) is 44.6. The first-order chi connectivity index (χ1) is 27.3. The zero-order chi connectivity index (χ0) is 37.8. The molecule has 0 aromatic heterocycles. The molecule has 0 bridgehead atoms. The van der Waals surface area contributed by atoms with Crippen LogP contribution in [-0.4, -0.2) is 86.1 Å². The summed E-state index contributed by atoms with van der Waals surface area (Å²) in [5.41, 5.74) is 0. The number of benzene rings is 6. The van der Waals surface area contributed by atoms with Crippen molar-refractivity contribution in [2.24, 2.45) is 0 Å². The smallest absolute Gasteiger partial charge is 0.113 e. The highest BCUT2D eigenvalue weighted by molar-refractivity contribution is 14.1. The summed E-state index contributed by atoms with van der Waals surface area (Å²) < 4.78 is 12.0. The van der Waals surface area contributed by atoms with Gasteiger partial charge in [0.25, 0.3) is 0 Å². The van der Waals surface area contributed by atoms with E-state index in [2.05, 4.69) is 214 Å². The van der Waals surface area contributed by atoms with Gasteiger partial charge in [-0.05, 0) is 60.2 Å². The fourth-order valence-corrected chi connectivity index (χ4v) is 14.4. The maximum atomic E-state index is 5.55. The second kappa shape index (κ2) is 25.1. The van der Waals surface area contributed by atoms with E-state index in [-0.39, 0.29) is 24.0 Å². The Labute approximate surface area is 368 Å². The molecular weight excluding hydrogens is 952 g/mol. The first-order valence-electron chi connectivity index (χ1n) is 19.4. The Kier molecular flexibility index (Phi) is 20.0. The standard InChI is InChI=1S/C24H27NOP.C18H15P.C6H12INO.HI/c1-4-10-22(11-5-1)27(23-12-6-2-7-13-23,24-14-8-3-9-15-24)21-18-25-16-19-26-20-17-25;1-4-10-16(11-5-1)19(17-12-6-2-7-13-17)18-14-8-3-9-15-18;7-1-2-8-3-5-9-6-4-8;/h1-15H,16-21H2;1-15H;1-6H2;1H/q+1;;;/p-1. The van der Waals surface area contributed by atoms with Gasteiger partial charge in [-0.2, -0.15) is 0 Å². The molecule has 0 saturated carbocycles. The molecule has 292 valence electrons. The van der Waals surface area contributed by atoms with Crippen LogP contribution < -0.4 is 55.8 Å². The predicted octanol–water partition coefficient (Wildman–Crippen LogP) is 4.52. The molecule has 0 N–H and O–H groups in total. The Morgan fingerprint density at radius 2 is 0.714 bits per heavy atom. The largest absolute Gasteiger partial charge is 1.00 e. The Hall–Kier alpha value is -2.52. The third kappa shape index (κ3) is 13.0. The highest BCUT2D eigenvalue weighted by atomic mass is 127. The molecule has 0 spiro atoms. The number of ether oxygens (including phenoxy) is 2. The molecule has 2 aliphatic rings. The fraction of sp³-hybridized carbons (Fsp3) is 0.250. The lowest BCUT2D eigenvalue weighted by Crippen LogP contribution is -3.00. The van der Waals surface area contributed by atoms with Gasteiger partial charge in [0.15, 0.2) is 0 Å². The molecule has 0 amide bonds. The third-order valence-electron chi connectivity index (χ3n) is 9.99. The molecule has 0 radical (unpaired) electrons. The number of rotatable bonds is 11. The van der Waals surface area contributed by atoms with E-state index in [1.165, 1.54) is 42.8 Å². The van der Waals surface area contributed by atoms with Gasteiger partial charge in [0.1, 0.15) is 23.2 Å². The minimum atomic E-state index is -1.70. The molecule has 0 unspecified atom stereocenters. The molecule has 6 aromatic carbocycles. The fourth-order valence-electron chi connectivity index (χ4n) is 7.12. The van der Waals surface area contributed by atoms with E-state index >= 15 is 0 Å². The minimum absolute atomic E-state index is 0. The van der Waals surface area contributed by atoms with E-state index in [4.69, 9.17) is 9.47 Å². The molecule has 6 aromatic rings. The summed E-state index contributed by atoms with van der Waals surface area (Å²) >= 11 is 2.41. The van der Waals surface area contributed by atoms with Crippen LogP contribution >= 0.6 is 37.8 Å². The van der Waals surface area contributed by atoms with Crippen LogP contribution in [0.4, 0.5) is 0 Å². The zero-order valence-corrected chi connectivity index (χ0v) is 38.3. The molecular formula is C48H54I2N2O2P2. The maximum Gasteiger partial charge on any atom is 0.113 e. The predicted molar refractivity (Wildman–Crippen MR) is 249 cm³/mol. The number of hydrogen-bond acceptors (Lipinski definition) is 4. The van der Waals surface area contributed by atoms with Gasteiger partial charge in [0.2, 0.25) is 0 Å². The van der Waals surface area contributed by atoms with Gasteiger partial charge in [-0.3, -0.25) is 9.80 Å². The van der Waals surface area contributed by atoms with Crippen LogP contribution in [0.3, 0.4) is 0 Å². The Morgan fingerprint density at radius 3 is 1.02 bits per heavy atom. The summed E-state index contributed by atoms with van der Waals surface area (Å²) in [7, 11) is -2.15. The van der Waals surface area contributed by atoms with Crippen molar-refractivity contribution in [2.45, 2.75) is 0 Å². The number of morpholine rings is 2. The van der Waals surface area contributed by atoms with E-state index in [9.17, 15) is 0 Å². The molecule has 4 nitrogen and oxygen atoms in total. The van der Waals surface area contributed by atoms with Crippen LogP contribution in [0.1, 0.15) is 0 Å². The van der Waals surface area contributed by atoms with Crippen molar-refractivity contribution in [1.82, 2.24) is 9.80 Å². The molecule has 2 fully saturated rings. The molecule has 56 heavy (non-hydrogen) atoms. The Balaban J connectivity index is 0.000000179. The first-order valence-corrected chi connectivity index (χ1v) is 24.3. The van der Waals surface area contributed by atoms with Gasteiger partial charge in [0, 0.05) is 43.7 Å². The van der Waals surface area contributed by atoms with E-state index < -0.39 is 15.2 Å². The quantitative estimate of drug-likeness (QED) is 0.109. The van der Waals surface area contributed by atoms with Crippen LogP contribution in [0.5, 0.6) is 0 Å². The molecule has 0 aliphatic carbocycles. The van der Waals surface area contributed by atoms with E-state index in [1.807, 2.05) is 0 Å². The van der Waals surface area contributed by atoms with Crippen LogP contribution in [-0.2, 0) is 9.47 Å². The van der Waals surface area contributed by atoms with Crippen molar-refractivity contribution in [3.63, 3.8) is 0 Å². The second-order valence-electron chi connectivity index (χ2n) is 13.5. The van der Waals surface area contributed by atoms with Crippen molar-refractivity contribution in [3.05, 3.63) is 182 Å². The molecule has 8 heteroatoms. The summed E-state index contributed by atoms with van der Waals surface area (Å²) in [5, 5.41) is 8.60. The lowest BCUT2D eigenvalue weighted by atomic mass is 10.4. The average Bonchev–Trinajstić information content (AvgIpc) is 3.28. The lowest BCUT2D eigenvalue weighted by molar-refractivity contribution is -0.0000133. The van der Waals surface area contributed by atoms with E-state index in [0.29, 0.717) is 0 Å². The van der Waals surface area contributed by atoms with Crippen LogP contribution in [0.15, 0.2) is 182 Å². The summed E-state index contributed by atoms with van der Waals surface area (Å²) in [5.74, 6) is 0. The molecule has 2 aliphatic heterocycles. The van der Waals surface area contributed by atoms with Gasteiger partial charge < -0.3 is 33.5 Å². The van der Waals surface area contributed by atoms with E-state index in [0.717, 1.165) is 65.3 Å². The zero-order valence-electron chi connectivity index (χ0n) is 32.2. The summed E-state index contributed by atoms with van der Waals surface area (Å²) in [6, 6.07) is 65.8. The van der Waals surface area contributed by atoms with Crippen LogP contribution in [0, 0.1) is 0 Å². The lowest BCUT2D eigenvalue weighted by Gasteiger charge is -2.32.